The van der Waals surface area contributed by atoms with Gasteiger partial charge in [-0.25, -0.2) is 4.39 Å². The fourth-order valence-electron chi connectivity index (χ4n) is 3.01. The van der Waals surface area contributed by atoms with Crippen LogP contribution in [0.15, 0.2) is 18.2 Å². The predicted molar refractivity (Wildman–Crippen MR) is 84.4 cm³/mol. The topological polar surface area (TPSA) is 76.1 Å². The monoisotopic (exact) mass is 339 g/mol. The highest BCUT2D eigenvalue weighted by atomic mass is 19.1. The van der Waals surface area contributed by atoms with Gasteiger partial charge in [-0.3, -0.25) is 9.59 Å². The van der Waals surface area contributed by atoms with Gasteiger partial charge in [0.1, 0.15) is 0 Å². The number of carbonyl (C=O) groups is 2. The lowest BCUT2D eigenvalue weighted by atomic mass is 10.1. The molecule has 0 saturated carbocycles. The van der Waals surface area contributed by atoms with E-state index in [9.17, 15) is 14.0 Å². The Labute approximate surface area is 140 Å². The molecule has 1 N–H and O–H groups in total. The van der Waals surface area contributed by atoms with E-state index in [2.05, 4.69) is 0 Å². The highest BCUT2D eigenvalue weighted by Gasteiger charge is 2.36. The molecule has 1 heterocycles. The number of carboxylic acid groups (broad SMARTS) is 1. The van der Waals surface area contributed by atoms with Crippen LogP contribution in [-0.4, -0.2) is 54.8 Å². The molecular formula is C17H22FNO5. The summed E-state index contributed by atoms with van der Waals surface area (Å²) in [5.41, 5.74) is 0.693. The highest BCUT2D eigenvalue weighted by molar-refractivity contribution is 5.78. The number of hydrogen-bond donors (Lipinski definition) is 1. The molecule has 1 fully saturated rings. The van der Waals surface area contributed by atoms with Crippen LogP contribution in [0.4, 0.5) is 4.39 Å². The number of carboxylic acids is 1. The lowest BCUT2D eigenvalue weighted by Crippen LogP contribution is -2.37. The maximum atomic E-state index is 13.7. The molecule has 2 unspecified atom stereocenters. The lowest BCUT2D eigenvalue weighted by Gasteiger charge is -2.23. The molecule has 2 atom stereocenters. The van der Waals surface area contributed by atoms with Gasteiger partial charge in [-0.15, -0.1) is 0 Å². The Kier molecular flexibility index (Phi) is 6.14. The average molecular weight is 339 g/mol. The van der Waals surface area contributed by atoms with E-state index in [4.69, 9.17) is 14.6 Å². The van der Waals surface area contributed by atoms with Crippen molar-refractivity contribution in [3.63, 3.8) is 0 Å². The van der Waals surface area contributed by atoms with Gasteiger partial charge in [0, 0.05) is 26.1 Å². The number of rotatable bonds is 7. The van der Waals surface area contributed by atoms with Crippen LogP contribution < -0.4 is 4.74 Å². The van der Waals surface area contributed by atoms with Crippen LogP contribution in [0.1, 0.15) is 24.8 Å². The quantitative estimate of drug-likeness (QED) is 0.820. The summed E-state index contributed by atoms with van der Waals surface area (Å²) >= 11 is 0. The first-order valence-electron chi connectivity index (χ1n) is 7.81. The minimum Gasteiger partial charge on any atom is -0.494 e. The molecule has 0 spiro atoms. The van der Waals surface area contributed by atoms with Crippen LogP contribution in [0.3, 0.4) is 0 Å². The van der Waals surface area contributed by atoms with Crippen molar-refractivity contribution in [1.29, 1.82) is 0 Å². The standard InChI is InChI=1S/C17H22FNO5/c1-23-13-8-12(9-17(21)22)19(10-13)16(20)6-4-11-3-5-15(24-2)14(18)7-11/h3,5,7,12-13H,4,6,8-10H2,1-2H3,(H,21,22). The number of nitrogens with zero attached hydrogens (tertiary/aromatic N) is 1. The summed E-state index contributed by atoms with van der Waals surface area (Å²) in [7, 11) is 2.94. The molecule has 1 aliphatic rings. The van der Waals surface area contributed by atoms with Crippen molar-refractivity contribution in [1.82, 2.24) is 4.90 Å². The van der Waals surface area contributed by atoms with Gasteiger partial charge in [-0.1, -0.05) is 6.07 Å². The molecule has 6 nitrogen and oxygen atoms in total. The fraction of sp³-hybridized carbons (Fsp3) is 0.529. The Balaban J connectivity index is 1.97. The third kappa shape index (κ3) is 4.44. The summed E-state index contributed by atoms with van der Waals surface area (Å²) in [4.78, 5) is 25.0. The normalized spacial score (nSPS) is 20.2. The van der Waals surface area contributed by atoms with Crippen LogP contribution in [0.2, 0.25) is 0 Å². The zero-order valence-corrected chi connectivity index (χ0v) is 13.8. The van der Waals surface area contributed by atoms with E-state index in [0.29, 0.717) is 24.9 Å². The van der Waals surface area contributed by atoms with Crippen molar-refractivity contribution < 1.29 is 28.6 Å². The first-order chi connectivity index (χ1) is 11.4. The number of ether oxygens (including phenoxy) is 2. The van der Waals surface area contributed by atoms with Crippen molar-refractivity contribution >= 4 is 11.9 Å². The summed E-state index contributed by atoms with van der Waals surface area (Å²) < 4.78 is 23.8. The largest absolute Gasteiger partial charge is 0.494 e. The van der Waals surface area contributed by atoms with Gasteiger partial charge in [-0.2, -0.15) is 0 Å². The SMILES string of the molecule is COc1ccc(CCC(=O)N2CC(OC)CC2CC(=O)O)cc1F. The molecule has 1 amide bonds. The molecule has 0 aliphatic carbocycles. The van der Waals surface area contributed by atoms with E-state index in [1.165, 1.54) is 19.2 Å². The second-order valence-electron chi connectivity index (χ2n) is 5.86. The summed E-state index contributed by atoms with van der Waals surface area (Å²) in [6.45, 7) is 0.393. The second-order valence-corrected chi connectivity index (χ2v) is 5.86. The molecule has 0 radical (unpaired) electrons. The van der Waals surface area contributed by atoms with E-state index < -0.39 is 11.8 Å². The molecular weight excluding hydrogens is 317 g/mol. The van der Waals surface area contributed by atoms with E-state index in [-0.39, 0.29) is 36.6 Å². The summed E-state index contributed by atoms with van der Waals surface area (Å²) in [6, 6.07) is 4.24. The number of hydrogen-bond acceptors (Lipinski definition) is 4. The van der Waals surface area contributed by atoms with Crippen LogP contribution in [0.25, 0.3) is 0 Å². The van der Waals surface area contributed by atoms with Crippen LogP contribution in [-0.2, 0) is 20.7 Å². The number of aryl methyl sites for hydroxylation is 1. The number of halogens is 1. The summed E-state index contributed by atoms with van der Waals surface area (Å²) in [5, 5.41) is 8.99. The fourth-order valence-corrected chi connectivity index (χ4v) is 3.01. The third-order valence-electron chi connectivity index (χ3n) is 4.28. The molecule has 0 aromatic heterocycles. The van der Waals surface area contributed by atoms with Crippen molar-refractivity contribution in [2.45, 2.75) is 37.8 Å². The third-order valence-corrected chi connectivity index (χ3v) is 4.28. The van der Waals surface area contributed by atoms with Gasteiger partial charge in [-0.05, 0) is 30.5 Å². The Hall–Kier alpha value is -2.15. The van der Waals surface area contributed by atoms with Gasteiger partial charge in [0.05, 0.1) is 19.6 Å². The molecule has 24 heavy (non-hydrogen) atoms. The minimum absolute atomic E-state index is 0.0945. The van der Waals surface area contributed by atoms with Gasteiger partial charge in [0.25, 0.3) is 0 Å². The van der Waals surface area contributed by atoms with E-state index in [1.54, 1.807) is 18.1 Å². The zero-order valence-electron chi connectivity index (χ0n) is 13.8. The Morgan fingerprint density at radius 2 is 2.12 bits per heavy atom. The van der Waals surface area contributed by atoms with Crippen molar-refractivity contribution in [3.8, 4) is 5.75 Å². The van der Waals surface area contributed by atoms with Crippen molar-refractivity contribution in [2.75, 3.05) is 20.8 Å². The first-order valence-corrected chi connectivity index (χ1v) is 7.81. The van der Waals surface area contributed by atoms with Gasteiger partial charge in [0.15, 0.2) is 11.6 Å². The van der Waals surface area contributed by atoms with E-state index in [0.717, 1.165) is 0 Å². The second kappa shape index (κ2) is 8.10. The molecule has 1 aliphatic heterocycles. The van der Waals surface area contributed by atoms with Gasteiger partial charge < -0.3 is 19.5 Å². The summed E-state index contributed by atoms with van der Waals surface area (Å²) in [5.74, 6) is -1.38. The molecule has 2 rings (SSSR count). The van der Waals surface area contributed by atoms with Gasteiger partial charge >= 0.3 is 5.97 Å². The number of aliphatic carboxylic acids is 1. The van der Waals surface area contributed by atoms with Crippen LogP contribution in [0, 0.1) is 5.82 Å². The van der Waals surface area contributed by atoms with E-state index in [1.807, 2.05) is 0 Å². The predicted octanol–water partition coefficient (Wildman–Crippen LogP) is 1.86. The molecule has 7 heteroatoms. The number of likely N-dealkylation sites (tertiary alicyclic amines) is 1. The van der Waals surface area contributed by atoms with Crippen LogP contribution in [0.5, 0.6) is 5.75 Å². The number of methoxy groups -OCH3 is 2. The maximum absolute atomic E-state index is 13.7. The molecule has 132 valence electrons. The number of amides is 1. The van der Waals surface area contributed by atoms with Crippen molar-refractivity contribution in [2.24, 2.45) is 0 Å². The molecule has 0 bridgehead atoms. The van der Waals surface area contributed by atoms with Crippen molar-refractivity contribution in [3.05, 3.63) is 29.6 Å². The highest BCUT2D eigenvalue weighted by Crippen LogP contribution is 2.24. The van der Waals surface area contributed by atoms with Gasteiger partial charge in [0.2, 0.25) is 5.91 Å². The maximum Gasteiger partial charge on any atom is 0.305 e. The Morgan fingerprint density at radius 3 is 2.71 bits per heavy atom. The Morgan fingerprint density at radius 1 is 1.38 bits per heavy atom. The van der Waals surface area contributed by atoms with Crippen LogP contribution >= 0.6 is 0 Å². The molecule has 1 saturated heterocycles. The smallest absolute Gasteiger partial charge is 0.305 e. The number of benzene rings is 1. The summed E-state index contributed by atoms with van der Waals surface area (Å²) in [6.07, 6.45) is 0.859. The van der Waals surface area contributed by atoms with E-state index >= 15 is 0 Å². The first kappa shape index (κ1) is 18.2. The average Bonchev–Trinajstić information content (AvgIpc) is 2.95. The lowest BCUT2D eigenvalue weighted by molar-refractivity contribution is -0.139. The zero-order chi connectivity index (χ0) is 17.7. The molecule has 1 aromatic carbocycles. The Bertz CT molecular complexity index is 607. The molecule has 1 aromatic rings. The minimum atomic E-state index is -0.938. The number of carbonyl (C=O) groups excluding carboxylic acids is 1.